The van der Waals surface area contributed by atoms with E-state index >= 15 is 0 Å². The average Bonchev–Trinajstić information content (AvgIpc) is 2.15. The van der Waals surface area contributed by atoms with Gasteiger partial charge in [0.2, 0.25) is 0 Å². The molecule has 0 atom stereocenters. The highest BCUT2D eigenvalue weighted by Gasteiger charge is 2.01. The van der Waals surface area contributed by atoms with Gasteiger partial charge in [-0.15, -0.1) is 0 Å². The molecule has 0 spiro atoms. The fourth-order valence-corrected chi connectivity index (χ4v) is 0.860. The molecule has 14 heavy (non-hydrogen) atoms. The standard InChI is InChI=1S/C10H12N2O2/c1-8(2)14-10(13)12-7-9-5-3-4-6-11-9/h3-6H,1,7H2,2H3,(H,12,13). The first-order chi connectivity index (χ1) is 6.68. The van der Waals surface area contributed by atoms with Crippen LogP contribution in [-0.2, 0) is 11.3 Å². The number of nitrogens with zero attached hydrogens (tertiary/aromatic N) is 1. The van der Waals surface area contributed by atoms with Crippen LogP contribution in [0.15, 0.2) is 36.7 Å². The highest BCUT2D eigenvalue weighted by Crippen LogP contribution is 1.94. The van der Waals surface area contributed by atoms with E-state index in [-0.39, 0.29) is 0 Å². The number of carbonyl (C=O) groups excluding carboxylic acids is 1. The molecule has 0 radical (unpaired) electrons. The maximum absolute atomic E-state index is 11.0. The third-order valence-corrected chi connectivity index (χ3v) is 1.41. The maximum Gasteiger partial charge on any atom is 0.412 e. The molecule has 0 aliphatic carbocycles. The second-order valence-corrected chi connectivity index (χ2v) is 2.77. The first kappa shape index (κ1) is 10.2. The van der Waals surface area contributed by atoms with Crippen LogP contribution < -0.4 is 5.32 Å². The van der Waals surface area contributed by atoms with E-state index in [0.29, 0.717) is 12.3 Å². The fourth-order valence-electron chi connectivity index (χ4n) is 0.860. The summed E-state index contributed by atoms with van der Waals surface area (Å²) in [6.07, 6.45) is 1.16. The van der Waals surface area contributed by atoms with Crippen molar-refractivity contribution in [1.82, 2.24) is 10.3 Å². The minimum atomic E-state index is -0.511. The lowest BCUT2D eigenvalue weighted by Crippen LogP contribution is -2.23. The van der Waals surface area contributed by atoms with Crippen molar-refractivity contribution in [2.75, 3.05) is 0 Å². The van der Waals surface area contributed by atoms with Gasteiger partial charge in [0.15, 0.2) is 0 Å². The molecular weight excluding hydrogens is 180 g/mol. The number of hydrogen-bond acceptors (Lipinski definition) is 3. The van der Waals surface area contributed by atoms with Crippen LogP contribution in [0, 0.1) is 0 Å². The lowest BCUT2D eigenvalue weighted by Gasteiger charge is -2.04. The summed E-state index contributed by atoms with van der Waals surface area (Å²) in [5, 5.41) is 2.55. The minimum absolute atomic E-state index is 0.354. The summed E-state index contributed by atoms with van der Waals surface area (Å²) in [5.74, 6) is 0.364. The van der Waals surface area contributed by atoms with E-state index in [1.165, 1.54) is 0 Å². The van der Waals surface area contributed by atoms with Crippen molar-refractivity contribution >= 4 is 6.09 Å². The van der Waals surface area contributed by atoms with Gasteiger partial charge in [0, 0.05) is 6.20 Å². The Morgan fingerprint density at radius 2 is 2.43 bits per heavy atom. The van der Waals surface area contributed by atoms with Gasteiger partial charge in [0.25, 0.3) is 0 Å². The molecule has 0 bridgehead atoms. The van der Waals surface area contributed by atoms with Gasteiger partial charge in [-0.2, -0.15) is 0 Å². The van der Waals surface area contributed by atoms with Crippen molar-refractivity contribution in [3.63, 3.8) is 0 Å². The van der Waals surface area contributed by atoms with Gasteiger partial charge in [0.05, 0.1) is 18.0 Å². The SMILES string of the molecule is C=C(C)OC(=O)NCc1ccccn1. The van der Waals surface area contributed by atoms with E-state index in [1.54, 1.807) is 13.1 Å². The molecule has 1 N–H and O–H groups in total. The number of nitrogens with one attached hydrogen (secondary N) is 1. The summed E-state index contributed by atoms with van der Waals surface area (Å²) in [4.78, 5) is 15.0. The number of pyridine rings is 1. The van der Waals surface area contributed by atoms with Crippen LogP contribution >= 0.6 is 0 Å². The van der Waals surface area contributed by atoms with Crippen LogP contribution in [0.3, 0.4) is 0 Å². The molecule has 1 aromatic rings. The third-order valence-electron chi connectivity index (χ3n) is 1.41. The van der Waals surface area contributed by atoms with Gasteiger partial charge in [-0.1, -0.05) is 12.6 Å². The summed E-state index contributed by atoms with van der Waals surface area (Å²) < 4.78 is 4.70. The Kier molecular flexibility index (Phi) is 3.67. The van der Waals surface area contributed by atoms with Gasteiger partial charge >= 0.3 is 6.09 Å². The molecule has 0 aromatic carbocycles. The van der Waals surface area contributed by atoms with E-state index in [9.17, 15) is 4.79 Å². The van der Waals surface area contributed by atoms with Crippen LogP contribution in [0.25, 0.3) is 0 Å². The molecule has 1 amide bonds. The second kappa shape index (κ2) is 5.01. The molecule has 0 saturated heterocycles. The number of carbonyl (C=O) groups is 1. The summed E-state index contributed by atoms with van der Waals surface area (Å²) >= 11 is 0. The predicted octanol–water partition coefficient (Wildman–Crippen LogP) is 1.84. The van der Waals surface area contributed by atoms with Crippen molar-refractivity contribution in [1.29, 1.82) is 0 Å². The van der Waals surface area contributed by atoms with Gasteiger partial charge in [0.1, 0.15) is 0 Å². The number of ether oxygens (including phenoxy) is 1. The number of allylic oxidation sites excluding steroid dienone is 1. The summed E-state index contributed by atoms with van der Waals surface area (Å²) in [7, 11) is 0. The predicted molar refractivity (Wildman–Crippen MR) is 52.4 cm³/mol. The Morgan fingerprint density at radius 3 is 3.00 bits per heavy atom. The van der Waals surface area contributed by atoms with E-state index < -0.39 is 6.09 Å². The lowest BCUT2D eigenvalue weighted by molar-refractivity contribution is 0.176. The molecule has 0 aliphatic heterocycles. The Labute approximate surface area is 82.6 Å². The normalized spacial score (nSPS) is 9.21. The molecule has 0 saturated carbocycles. The van der Waals surface area contributed by atoms with E-state index in [2.05, 4.69) is 16.9 Å². The molecule has 0 fully saturated rings. The lowest BCUT2D eigenvalue weighted by atomic mass is 10.3. The van der Waals surface area contributed by atoms with Gasteiger partial charge in [-0.25, -0.2) is 4.79 Å². The monoisotopic (exact) mass is 192 g/mol. The van der Waals surface area contributed by atoms with Crippen molar-refractivity contribution < 1.29 is 9.53 Å². The van der Waals surface area contributed by atoms with Gasteiger partial charge < -0.3 is 10.1 Å². The van der Waals surface area contributed by atoms with E-state index in [1.807, 2.05) is 18.2 Å². The quantitative estimate of drug-likeness (QED) is 0.743. The van der Waals surface area contributed by atoms with Gasteiger partial charge in [-0.05, 0) is 19.1 Å². The van der Waals surface area contributed by atoms with Crippen molar-refractivity contribution in [3.8, 4) is 0 Å². The van der Waals surface area contributed by atoms with Crippen LogP contribution in [-0.4, -0.2) is 11.1 Å². The van der Waals surface area contributed by atoms with Gasteiger partial charge in [-0.3, -0.25) is 4.98 Å². The topological polar surface area (TPSA) is 51.2 Å². The minimum Gasteiger partial charge on any atom is -0.416 e. The van der Waals surface area contributed by atoms with Crippen molar-refractivity contribution in [2.45, 2.75) is 13.5 Å². The average molecular weight is 192 g/mol. The molecular formula is C10H12N2O2. The fraction of sp³-hybridized carbons (Fsp3) is 0.200. The zero-order valence-electron chi connectivity index (χ0n) is 7.99. The highest BCUT2D eigenvalue weighted by atomic mass is 16.6. The summed E-state index contributed by atoms with van der Waals surface area (Å²) in [6, 6.07) is 5.49. The van der Waals surface area contributed by atoms with E-state index in [0.717, 1.165) is 5.69 Å². The highest BCUT2D eigenvalue weighted by molar-refractivity contribution is 5.68. The third kappa shape index (κ3) is 3.71. The molecule has 0 aliphatic rings. The summed E-state index contributed by atoms with van der Waals surface area (Å²) in [5.41, 5.74) is 0.783. The molecule has 4 heteroatoms. The Hall–Kier alpha value is -1.84. The Bertz CT molecular complexity index is 322. The van der Waals surface area contributed by atoms with Crippen molar-refractivity contribution in [2.24, 2.45) is 0 Å². The largest absolute Gasteiger partial charge is 0.416 e. The molecule has 1 aromatic heterocycles. The van der Waals surface area contributed by atoms with Crippen LogP contribution in [0.5, 0.6) is 0 Å². The molecule has 4 nitrogen and oxygen atoms in total. The molecule has 0 unspecified atom stereocenters. The first-order valence-corrected chi connectivity index (χ1v) is 4.19. The van der Waals surface area contributed by atoms with Crippen LogP contribution in [0.4, 0.5) is 4.79 Å². The smallest absolute Gasteiger partial charge is 0.412 e. The first-order valence-electron chi connectivity index (χ1n) is 4.19. The Balaban J connectivity index is 2.34. The van der Waals surface area contributed by atoms with Crippen molar-refractivity contribution in [3.05, 3.63) is 42.4 Å². The number of amides is 1. The van der Waals surface area contributed by atoms with Crippen LogP contribution in [0.2, 0.25) is 0 Å². The summed E-state index contributed by atoms with van der Waals surface area (Å²) in [6.45, 7) is 5.42. The van der Waals surface area contributed by atoms with E-state index in [4.69, 9.17) is 4.74 Å². The number of hydrogen-bond donors (Lipinski definition) is 1. The molecule has 74 valence electrons. The number of rotatable bonds is 3. The Morgan fingerprint density at radius 1 is 1.64 bits per heavy atom. The molecule has 1 heterocycles. The molecule has 1 rings (SSSR count). The maximum atomic E-state index is 11.0. The number of aromatic nitrogens is 1. The zero-order chi connectivity index (χ0) is 10.4. The number of alkyl carbamates (subject to hydrolysis) is 1. The zero-order valence-corrected chi connectivity index (χ0v) is 7.99. The second-order valence-electron chi connectivity index (χ2n) is 2.77. The van der Waals surface area contributed by atoms with Crippen LogP contribution in [0.1, 0.15) is 12.6 Å².